The van der Waals surface area contributed by atoms with Gasteiger partial charge in [-0.1, -0.05) is 18.3 Å². The Hall–Kier alpha value is -1.77. The number of benzene rings is 1. The molecule has 116 valence electrons. The number of amides is 1. The second-order valence-electron chi connectivity index (χ2n) is 4.17. The monoisotopic (exact) mass is 326 g/mol. The van der Waals surface area contributed by atoms with E-state index in [0.717, 1.165) is 12.1 Å². The van der Waals surface area contributed by atoms with Gasteiger partial charge in [-0.3, -0.25) is 4.79 Å². The van der Waals surface area contributed by atoms with E-state index >= 15 is 0 Å². The molecular formula is C12H11F5N2OS. The number of nitrogens with one attached hydrogen (secondary N) is 1. The first-order valence-corrected chi connectivity index (χ1v) is 6.25. The number of hydrogen-bond acceptors (Lipinski definition) is 3. The zero-order chi connectivity index (χ0) is 16.4. The molecule has 1 amide bonds. The van der Waals surface area contributed by atoms with Crippen molar-refractivity contribution in [2.45, 2.75) is 17.8 Å². The third-order valence-electron chi connectivity index (χ3n) is 2.54. The van der Waals surface area contributed by atoms with Gasteiger partial charge in [0.15, 0.2) is 4.75 Å². The molecule has 0 saturated carbocycles. The molecule has 0 spiro atoms. The molecule has 9 heteroatoms. The van der Waals surface area contributed by atoms with Crippen LogP contribution < -0.4 is 11.1 Å². The van der Waals surface area contributed by atoms with Crippen molar-refractivity contribution in [2.24, 2.45) is 5.73 Å². The molecule has 0 saturated heterocycles. The molecule has 0 fully saturated rings. The lowest BCUT2D eigenvalue weighted by Gasteiger charge is -2.28. The average molecular weight is 326 g/mol. The molecule has 0 bridgehead atoms. The minimum atomic E-state index is -4.92. The molecule has 0 aliphatic rings. The van der Waals surface area contributed by atoms with Gasteiger partial charge in [0.2, 0.25) is 5.91 Å². The lowest BCUT2D eigenvalue weighted by atomic mass is 10.1. The molecule has 21 heavy (non-hydrogen) atoms. The maximum Gasteiger partial charge on any atom is 0.412 e. The highest BCUT2D eigenvalue weighted by molar-refractivity contribution is 8.05. The third kappa shape index (κ3) is 3.87. The Kier molecular flexibility index (Phi) is 4.87. The number of halogens is 5. The fourth-order valence-electron chi connectivity index (χ4n) is 1.26. The summed E-state index contributed by atoms with van der Waals surface area (Å²) in [6.07, 6.45) is -4.92. The summed E-state index contributed by atoms with van der Waals surface area (Å²) in [7, 11) is 0. The van der Waals surface area contributed by atoms with E-state index in [0.29, 0.717) is 13.0 Å². The van der Waals surface area contributed by atoms with Crippen LogP contribution in [0, 0.1) is 11.6 Å². The third-order valence-corrected chi connectivity index (χ3v) is 3.73. The Morgan fingerprint density at radius 1 is 1.33 bits per heavy atom. The number of anilines is 1. The number of rotatable bonds is 5. The van der Waals surface area contributed by atoms with Crippen LogP contribution in [0.1, 0.15) is 6.92 Å². The SMILES string of the molecule is C=C(Nc1ccc(F)cc1F)SC(C)(C(N)=O)C(F)(F)F. The van der Waals surface area contributed by atoms with Crippen LogP contribution in [0.25, 0.3) is 0 Å². The first kappa shape index (κ1) is 17.3. The number of alkyl halides is 3. The molecule has 0 radical (unpaired) electrons. The summed E-state index contributed by atoms with van der Waals surface area (Å²) < 4.78 is 61.8. The molecule has 3 N–H and O–H groups in total. The number of primary amides is 1. The Labute approximate surface area is 121 Å². The van der Waals surface area contributed by atoms with Crippen LogP contribution in [-0.4, -0.2) is 16.8 Å². The fraction of sp³-hybridized carbons (Fsp3) is 0.250. The zero-order valence-electron chi connectivity index (χ0n) is 10.7. The van der Waals surface area contributed by atoms with Crippen LogP contribution in [-0.2, 0) is 4.79 Å². The van der Waals surface area contributed by atoms with E-state index in [-0.39, 0.29) is 22.5 Å². The van der Waals surface area contributed by atoms with Gasteiger partial charge in [-0.25, -0.2) is 8.78 Å². The van der Waals surface area contributed by atoms with Crippen molar-refractivity contribution in [3.8, 4) is 0 Å². The van der Waals surface area contributed by atoms with Gasteiger partial charge in [-0.2, -0.15) is 13.2 Å². The maximum absolute atomic E-state index is 13.4. The molecule has 1 atom stereocenters. The van der Waals surface area contributed by atoms with Crippen LogP contribution in [0.5, 0.6) is 0 Å². The molecule has 1 unspecified atom stereocenters. The van der Waals surface area contributed by atoms with Crippen molar-refractivity contribution in [2.75, 3.05) is 5.32 Å². The van der Waals surface area contributed by atoms with Crippen molar-refractivity contribution in [3.05, 3.63) is 41.4 Å². The van der Waals surface area contributed by atoms with E-state index < -0.39 is 28.5 Å². The Morgan fingerprint density at radius 2 is 1.90 bits per heavy atom. The topological polar surface area (TPSA) is 55.1 Å². The second-order valence-corrected chi connectivity index (χ2v) is 5.68. The van der Waals surface area contributed by atoms with E-state index in [1.54, 1.807) is 0 Å². The normalized spacial score (nSPS) is 14.4. The second kappa shape index (κ2) is 5.92. The lowest BCUT2D eigenvalue weighted by molar-refractivity contribution is -0.166. The van der Waals surface area contributed by atoms with E-state index in [1.165, 1.54) is 0 Å². The smallest absolute Gasteiger partial charge is 0.368 e. The average Bonchev–Trinajstić information content (AvgIpc) is 2.31. The number of nitrogens with two attached hydrogens (primary N) is 1. The standard InChI is InChI=1S/C12H11F5N2OS/c1-6(19-9-4-3-7(13)5-8(9)14)21-11(2,10(18)20)12(15,16)17/h3-5,19H,1H2,2H3,(H2,18,20). The summed E-state index contributed by atoms with van der Waals surface area (Å²) in [6, 6.07) is 2.46. The predicted octanol–water partition coefficient (Wildman–Crippen LogP) is 3.39. The van der Waals surface area contributed by atoms with Crippen LogP contribution in [0.2, 0.25) is 0 Å². The Morgan fingerprint density at radius 3 is 2.33 bits per heavy atom. The first-order chi connectivity index (χ1) is 9.47. The van der Waals surface area contributed by atoms with E-state index in [9.17, 15) is 26.7 Å². The maximum atomic E-state index is 13.4. The molecule has 0 heterocycles. The fourth-order valence-corrected chi connectivity index (χ4v) is 2.13. The minimum absolute atomic E-state index is 0.00427. The summed E-state index contributed by atoms with van der Waals surface area (Å²) in [6.45, 7) is 3.87. The highest BCUT2D eigenvalue weighted by Crippen LogP contribution is 2.44. The molecule has 0 aliphatic heterocycles. The van der Waals surface area contributed by atoms with Crippen LogP contribution in [0.15, 0.2) is 29.8 Å². The number of carbonyl (C=O) groups excluding carboxylic acids is 1. The summed E-state index contributed by atoms with van der Waals surface area (Å²) in [4.78, 5) is 11.1. The molecular weight excluding hydrogens is 315 g/mol. The van der Waals surface area contributed by atoms with Crippen molar-refractivity contribution < 1.29 is 26.7 Å². The van der Waals surface area contributed by atoms with Gasteiger partial charge in [0, 0.05) is 6.07 Å². The minimum Gasteiger partial charge on any atom is -0.368 e. The first-order valence-electron chi connectivity index (χ1n) is 5.44. The predicted molar refractivity (Wildman–Crippen MR) is 70.4 cm³/mol. The Balaban J connectivity index is 2.92. The van der Waals surface area contributed by atoms with Crippen LogP contribution in [0.3, 0.4) is 0 Å². The van der Waals surface area contributed by atoms with Gasteiger partial charge in [0.05, 0.1) is 10.7 Å². The summed E-state index contributed by atoms with van der Waals surface area (Å²) in [5.74, 6) is -3.46. The van der Waals surface area contributed by atoms with E-state index in [4.69, 9.17) is 5.73 Å². The Bertz CT molecular complexity index is 575. The van der Waals surface area contributed by atoms with Crippen molar-refractivity contribution in [3.63, 3.8) is 0 Å². The van der Waals surface area contributed by atoms with Crippen molar-refractivity contribution in [1.82, 2.24) is 0 Å². The molecule has 1 aromatic rings. The lowest BCUT2D eigenvalue weighted by Crippen LogP contribution is -2.50. The van der Waals surface area contributed by atoms with Gasteiger partial charge >= 0.3 is 6.18 Å². The van der Waals surface area contributed by atoms with Gasteiger partial charge in [0.25, 0.3) is 0 Å². The van der Waals surface area contributed by atoms with E-state index in [1.807, 2.05) is 0 Å². The van der Waals surface area contributed by atoms with Crippen LogP contribution in [0.4, 0.5) is 27.6 Å². The van der Waals surface area contributed by atoms with Gasteiger partial charge in [0.1, 0.15) is 11.6 Å². The zero-order valence-corrected chi connectivity index (χ0v) is 11.5. The molecule has 1 rings (SSSR count). The number of carbonyl (C=O) groups is 1. The summed E-state index contributed by atoms with van der Waals surface area (Å²) in [5, 5.41) is 1.88. The quantitative estimate of drug-likeness (QED) is 0.816. The van der Waals surface area contributed by atoms with Gasteiger partial charge in [-0.05, 0) is 19.1 Å². The summed E-state index contributed by atoms with van der Waals surface area (Å²) >= 11 is 0.00427. The highest BCUT2D eigenvalue weighted by atomic mass is 32.2. The highest BCUT2D eigenvalue weighted by Gasteiger charge is 2.57. The molecule has 3 nitrogen and oxygen atoms in total. The van der Waals surface area contributed by atoms with Gasteiger partial charge in [-0.15, -0.1) is 0 Å². The number of hydrogen-bond donors (Lipinski definition) is 2. The molecule has 0 aliphatic carbocycles. The van der Waals surface area contributed by atoms with Gasteiger partial charge < -0.3 is 11.1 Å². The largest absolute Gasteiger partial charge is 0.412 e. The summed E-state index contributed by atoms with van der Waals surface area (Å²) in [5.41, 5.74) is 4.50. The van der Waals surface area contributed by atoms with E-state index in [2.05, 4.69) is 11.9 Å². The van der Waals surface area contributed by atoms with Crippen molar-refractivity contribution in [1.29, 1.82) is 0 Å². The van der Waals surface area contributed by atoms with Crippen molar-refractivity contribution >= 4 is 23.4 Å². The number of thioether (sulfide) groups is 1. The molecule has 1 aromatic carbocycles. The van der Waals surface area contributed by atoms with Crippen LogP contribution >= 0.6 is 11.8 Å². The molecule has 0 aromatic heterocycles.